The summed E-state index contributed by atoms with van der Waals surface area (Å²) in [5, 5.41) is -0.574. The summed E-state index contributed by atoms with van der Waals surface area (Å²) in [5.41, 5.74) is 1.28. The first kappa shape index (κ1) is 18.3. The van der Waals surface area contributed by atoms with Crippen molar-refractivity contribution >= 4 is 25.8 Å². The van der Waals surface area contributed by atoms with Crippen LogP contribution in [-0.4, -0.2) is 22.1 Å². The lowest BCUT2D eigenvalue weighted by molar-refractivity contribution is 0.486. The molecule has 0 amide bonds. The summed E-state index contributed by atoms with van der Waals surface area (Å²) < 4.78 is 55.4. The molecule has 0 bridgehead atoms. The highest BCUT2D eigenvalue weighted by molar-refractivity contribution is 7.93. The molecule has 0 atom stereocenters. The highest BCUT2D eigenvalue weighted by atomic mass is 32.2. The molecule has 8 heteroatoms. The first-order valence-corrected chi connectivity index (χ1v) is 10.2. The molecule has 0 saturated heterocycles. The van der Waals surface area contributed by atoms with Gasteiger partial charge in [-0.3, -0.25) is 4.72 Å². The van der Waals surface area contributed by atoms with Crippen LogP contribution in [0.3, 0.4) is 0 Å². The zero-order valence-electron chi connectivity index (χ0n) is 13.6. The van der Waals surface area contributed by atoms with Gasteiger partial charge in [-0.25, -0.2) is 8.42 Å². The Kier molecular flexibility index (Phi) is 5.19. The molecule has 0 aliphatic rings. The highest BCUT2D eigenvalue weighted by Gasteiger charge is 2.18. The molecule has 0 fully saturated rings. The van der Waals surface area contributed by atoms with Gasteiger partial charge in [0.2, 0.25) is 10.0 Å². The van der Waals surface area contributed by atoms with Crippen molar-refractivity contribution in [3.63, 3.8) is 0 Å². The quantitative estimate of drug-likeness (QED) is 0.791. The van der Waals surface area contributed by atoms with E-state index in [4.69, 9.17) is 4.18 Å². The molecule has 0 radical (unpaired) electrons. The standard InChI is InChI=1S/C16H19NO5S2/c1-12(2)23(18,19)17-14-6-8-15(9-7-14)22-24(20,21)16-10-4-13(3)5-11-16/h4-12,17H,1-3H3. The van der Waals surface area contributed by atoms with Crippen LogP contribution in [0.5, 0.6) is 5.75 Å². The lowest BCUT2D eigenvalue weighted by Crippen LogP contribution is -2.22. The number of nitrogens with one attached hydrogen (secondary N) is 1. The minimum absolute atomic E-state index is 0.0534. The Morgan fingerprint density at radius 1 is 0.875 bits per heavy atom. The minimum Gasteiger partial charge on any atom is -0.379 e. The van der Waals surface area contributed by atoms with Crippen LogP contribution in [0.25, 0.3) is 0 Å². The van der Waals surface area contributed by atoms with E-state index in [0.29, 0.717) is 5.69 Å². The fourth-order valence-electron chi connectivity index (χ4n) is 1.74. The summed E-state index contributed by atoms with van der Waals surface area (Å²) in [6, 6.07) is 12.0. The first-order valence-electron chi connectivity index (χ1n) is 7.23. The summed E-state index contributed by atoms with van der Waals surface area (Å²) in [7, 11) is -7.39. The predicted octanol–water partition coefficient (Wildman–Crippen LogP) is 2.91. The molecule has 2 aromatic carbocycles. The predicted molar refractivity (Wildman–Crippen MR) is 93.1 cm³/mol. The fourth-order valence-corrected chi connectivity index (χ4v) is 3.37. The van der Waals surface area contributed by atoms with Gasteiger partial charge in [0.25, 0.3) is 0 Å². The number of aryl methyl sites for hydroxylation is 1. The average molecular weight is 369 g/mol. The molecule has 0 aliphatic heterocycles. The normalized spacial score (nSPS) is 12.2. The van der Waals surface area contributed by atoms with E-state index in [-0.39, 0.29) is 10.6 Å². The van der Waals surface area contributed by atoms with E-state index in [9.17, 15) is 16.8 Å². The third-order valence-corrected chi connectivity index (χ3v) is 6.27. The average Bonchev–Trinajstić information content (AvgIpc) is 2.49. The maximum absolute atomic E-state index is 12.2. The number of hydrogen-bond acceptors (Lipinski definition) is 5. The Labute approximate surface area is 142 Å². The molecule has 2 aromatic rings. The van der Waals surface area contributed by atoms with Crippen LogP contribution in [0, 0.1) is 6.92 Å². The molecule has 6 nitrogen and oxygen atoms in total. The van der Waals surface area contributed by atoms with Gasteiger partial charge in [0.1, 0.15) is 10.6 Å². The molecular weight excluding hydrogens is 350 g/mol. The number of rotatable bonds is 6. The maximum Gasteiger partial charge on any atom is 0.339 e. The van der Waals surface area contributed by atoms with Gasteiger partial charge in [-0.05, 0) is 57.2 Å². The van der Waals surface area contributed by atoms with Gasteiger partial charge >= 0.3 is 10.1 Å². The first-order chi connectivity index (χ1) is 11.1. The van der Waals surface area contributed by atoms with Crippen LogP contribution in [0.15, 0.2) is 53.4 Å². The van der Waals surface area contributed by atoms with Crippen LogP contribution >= 0.6 is 0 Å². The lowest BCUT2D eigenvalue weighted by Gasteiger charge is -2.11. The summed E-state index contributed by atoms with van der Waals surface area (Å²) in [5.74, 6) is 0.100. The molecule has 0 unspecified atom stereocenters. The second-order valence-corrected chi connectivity index (χ2v) is 9.35. The summed E-state index contributed by atoms with van der Waals surface area (Å²) in [6.07, 6.45) is 0. The topological polar surface area (TPSA) is 89.5 Å². The van der Waals surface area contributed by atoms with E-state index >= 15 is 0 Å². The van der Waals surface area contributed by atoms with Crippen LogP contribution in [-0.2, 0) is 20.1 Å². The Morgan fingerprint density at radius 2 is 1.42 bits per heavy atom. The van der Waals surface area contributed by atoms with E-state index in [2.05, 4.69) is 4.72 Å². The number of hydrogen-bond donors (Lipinski definition) is 1. The van der Waals surface area contributed by atoms with Gasteiger partial charge < -0.3 is 4.18 Å². The zero-order valence-corrected chi connectivity index (χ0v) is 15.2. The largest absolute Gasteiger partial charge is 0.379 e. The Hall–Kier alpha value is -2.06. The van der Waals surface area contributed by atoms with Crippen molar-refractivity contribution in [2.24, 2.45) is 0 Å². The van der Waals surface area contributed by atoms with Gasteiger partial charge in [-0.2, -0.15) is 8.42 Å². The number of sulfonamides is 1. The monoisotopic (exact) mass is 369 g/mol. The molecule has 2 rings (SSSR count). The van der Waals surface area contributed by atoms with E-state index in [1.54, 1.807) is 26.0 Å². The number of anilines is 1. The Bertz CT molecular complexity index is 900. The van der Waals surface area contributed by atoms with Crippen molar-refractivity contribution in [1.82, 2.24) is 0 Å². The van der Waals surface area contributed by atoms with Crippen LogP contribution in [0.2, 0.25) is 0 Å². The second kappa shape index (κ2) is 6.82. The van der Waals surface area contributed by atoms with Crippen LogP contribution in [0.4, 0.5) is 5.69 Å². The van der Waals surface area contributed by atoms with Gasteiger partial charge in [-0.15, -0.1) is 0 Å². The molecule has 0 aliphatic carbocycles. The lowest BCUT2D eigenvalue weighted by atomic mass is 10.2. The van der Waals surface area contributed by atoms with Crippen molar-refractivity contribution in [1.29, 1.82) is 0 Å². The molecule has 24 heavy (non-hydrogen) atoms. The zero-order chi connectivity index (χ0) is 18.0. The van der Waals surface area contributed by atoms with Gasteiger partial charge in [0.15, 0.2) is 0 Å². The maximum atomic E-state index is 12.2. The molecule has 130 valence electrons. The van der Waals surface area contributed by atoms with Crippen LogP contribution < -0.4 is 8.91 Å². The van der Waals surface area contributed by atoms with Gasteiger partial charge in [0, 0.05) is 5.69 Å². The highest BCUT2D eigenvalue weighted by Crippen LogP contribution is 2.22. The van der Waals surface area contributed by atoms with E-state index in [1.165, 1.54) is 36.4 Å². The van der Waals surface area contributed by atoms with Gasteiger partial charge in [0.05, 0.1) is 5.25 Å². The summed E-state index contributed by atoms with van der Waals surface area (Å²) in [6.45, 7) is 4.98. The molecule has 1 N–H and O–H groups in total. The van der Waals surface area contributed by atoms with Crippen LogP contribution in [0.1, 0.15) is 19.4 Å². The van der Waals surface area contributed by atoms with Crippen molar-refractivity contribution in [2.75, 3.05) is 4.72 Å². The van der Waals surface area contributed by atoms with E-state index in [0.717, 1.165) is 5.56 Å². The molecule has 0 aromatic heterocycles. The third-order valence-electron chi connectivity index (χ3n) is 3.25. The van der Waals surface area contributed by atoms with Crippen molar-refractivity contribution in [3.8, 4) is 5.75 Å². The van der Waals surface area contributed by atoms with Crippen molar-refractivity contribution in [3.05, 3.63) is 54.1 Å². The van der Waals surface area contributed by atoms with E-state index < -0.39 is 25.4 Å². The Morgan fingerprint density at radius 3 is 1.92 bits per heavy atom. The second-order valence-electron chi connectivity index (χ2n) is 5.57. The molecule has 0 saturated carbocycles. The summed E-state index contributed by atoms with van der Waals surface area (Å²) >= 11 is 0. The third kappa shape index (κ3) is 4.48. The Balaban J connectivity index is 2.15. The minimum atomic E-state index is -3.93. The summed E-state index contributed by atoms with van der Waals surface area (Å²) in [4.78, 5) is 0.0534. The SMILES string of the molecule is Cc1ccc(S(=O)(=O)Oc2ccc(NS(=O)(=O)C(C)C)cc2)cc1. The fraction of sp³-hybridized carbons (Fsp3) is 0.250. The van der Waals surface area contributed by atoms with Crippen molar-refractivity contribution < 1.29 is 21.0 Å². The molecule has 0 spiro atoms. The van der Waals surface area contributed by atoms with Crippen molar-refractivity contribution in [2.45, 2.75) is 30.9 Å². The van der Waals surface area contributed by atoms with E-state index in [1.807, 2.05) is 6.92 Å². The smallest absolute Gasteiger partial charge is 0.339 e. The van der Waals surface area contributed by atoms with Gasteiger partial charge in [-0.1, -0.05) is 17.7 Å². The molecule has 0 heterocycles. The molecular formula is C16H19NO5S2. The number of benzene rings is 2.